The number of benzene rings is 1. The lowest BCUT2D eigenvalue weighted by Gasteiger charge is -2.52. The van der Waals surface area contributed by atoms with Crippen LogP contribution in [0.4, 0.5) is 0 Å². The smallest absolute Gasteiger partial charge is 0.274 e. The van der Waals surface area contributed by atoms with Crippen molar-refractivity contribution < 1.29 is 9.90 Å². The number of aromatic nitrogens is 2. The number of amides is 1. The highest BCUT2D eigenvalue weighted by Gasteiger charge is 2.50. The fourth-order valence-corrected chi connectivity index (χ4v) is 4.70. The van der Waals surface area contributed by atoms with Crippen LogP contribution in [0.25, 0.3) is 0 Å². The summed E-state index contributed by atoms with van der Waals surface area (Å²) in [6.07, 6.45) is 4.71. The molecular weight excluding hydrogens is 314 g/mol. The lowest BCUT2D eigenvalue weighted by atomic mass is 9.66. The zero-order valence-corrected chi connectivity index (χ0v) is 14.6. The molecule has 2 aliphatic rings. The first-order valence-corrected chi connectivity index (χ1v) is 9.20. The molecule has 1 saturated carbocycles. The molecule has 2 N–H and O–H groups in total. The first kappa shape index (κ1) is 16.3. The van der Waals surface area contributed by atoms with Crippen molar-refractivity contribution in [2.45, 2.75) is 50.7 Å². The molecule has 2 heterocycles. The molecule has 5 nitrogen and oxygen atoms in total. The molecule has 0 unspecified atom stereocenters. The summed E-state index contributed by atoms with van der Waals surface area (Å²) in [4.78, 5) is 14.9. The van der Waals surface area contributed by atoms with Gasteiger partial charge in [-0.3, -0.25) is 9.89 Å². The highest BCUT2D eigenvalue weighted by atomic mass is 16.3. The van der Waals surface area contributed by atoms with E-state index in [1.54, 1.807) is 6.07 Å². The first-order valence-electron chi connectivity index (χ1n) is 9.20. The van der Waals surface area contributed by atoms with E-state index in [0.717, 1.165) is 36.9 Å². The number of H-pyrrole nitrogens is 1. The van der Waals surface area contributed by atoms with Gasteiger partial charge in [-0.05, 0) is 37.8 Å². The van der Waals surface area contributed by atoms with Gasteiger partial charge in [0, 0.05) is 24.2 Å². The number of likely N-dealkylation sites (tertiary alicyclic amines) is 1. The van der Waals surface area contributed by atoms with E-state index in [1.165, 1.54) is 0 Å². The van der Waals surface area contributed by atoms with Crippen molar-refractivity contribution in [3.63, 3.8) is 0 Å². The minimum Gasteiger partial charge on any atom is -0.385 e. The van der Waals surface area contributed by atoms with Crippen molar-refractivity contribution in [2.75, 3.05) is 6.54 Å². The summed E-state index contributed by atoms with van der Waals surface area (Å²) in [7, 11) is 0. The van der Waals surface area contributed by atoms with E-state index >= 15 is 0 Å². The normalized spacial score (nSPS) is 29.3. The van der Waals surface area contributed by atoms with E-state index in [1.807, 2.05) is 42.2 Å². The molecule has 0 spiro atoms. The summed E-state index contributed by atoms with van der Waals surface area (Å²) in [5.74, 6) is 0.0674. The third kappa shape index (κ3) is 2.76. The van der Waals surface area contributed by atoms with Crippen molar-refractivity contribution in [3.05, 3.63) is 53.3 Å². The molecule has 3 atom stereocenters. The van der Waals surface area contributed by atoms with Gasteiger partial charge in [-0.25, -0.2) is 0 Å². The molecule has 132 valence electrons. The molecular formula is C20H25N3O2. The van der Waals surface area contributed by atoms with Crippen LogP contribution in [-0.4, -0.2) is 38.7 Å². The Morgan fingerprint density at radius 1 is 1.28 bits per heavy atom. The number of rotatable bonds is 2. The Kier molecular flexibility index (Phi) is 4.12. The molecule has 25 heavy (non-hydrogen) atoms. The van der Waals surface area contributed by atoms with E-state index in [9.17, 15) is 9.90 Å². The summed E-state index contributed by atoms with van der Waals surface area (Å²) in [6.45, 7) is 2.47. The van der Waals surface area contributed by atoms with Gasteiger partial charge in [-0.2, -0.15) is 5.10 Å². The van der Waals surface area contributed by atoms with Crippen LogP contribution in [0.5, 0.6) is 0 Å². The largest absolute Gasteiger partial charge is 0.385 e. The second-order valence-electron chi connectivity index (χ2n) is 7.43. The number of carbonyl (C=O) groups excluding carboxylic acids is 1. The second kappa shape index (κ2) is 6.30. The van der Waals surface area contributed by atoms with Crippen LogP contribution in [-0.2, 0) is 5.60 Å². The highest BCUT2D eigenvalue weighted by molar-refractivity contribution is 5.92. The average Bonchev–Trinajstić information content (AvgIpc) is 3.09. The van der Waals surface area contributed by atoms with Crippen LogP contribution < -0.4 is 0 Å². The van der Waals surface area contributed by atoms with Crippen LogP contribution in [0.1, 0.15) is 53.8 Å². The van der Waals surface area contributed by atoms with Crippen molar-refractivity contribution in [3.8, 4) is 0 Å². The predicted molar refractivity (Wildman–Crippen MR) is 95.1 cm³/mol. The number of aliphatic hydroxyl groups is 1. The van der Waals surface area contributed by atoms with Gasteiger partial charge in [0.25, 0.3) is 5.91 Å². The van der Waals surface area contributed by atoms with E-state index in [0.29, 0.717) is 18.7 Å². The Bertz CT molecular complexity index is 757. The Morgan fingerprint density at radius 3 is 2.76 bits per heavy atom. The fourth-order valence-electron chi connectivity index (χ4n) is 4.70. The molecule has 0 bridgehead atoms. The van der Waals surface area contributed by atoms with Crippen molar-refractivity contribution in [2.24, 2.45) is 5.92 Å². The third-order valence-corrected chi connectivity index (χ3v) is 5.94. The Hall–Kier alpha value is -2.14. The average molecular weight is 339 g/mol. The Balaban J connectivity index is 1.65. The Labute approximate surface area is 148 Å². The minimum atomic E-state index is -0.843. The van der Waals surface area contributed by atoms with Crippen LogP contribution in [0.3, 0.4) is 0 Å². The van der Waals surface area contributed by atoms with Crippen LogP contribution in [0.2, 0.25) is 0 Å². The fraction of sp³-hybridized carbons (Fsp3) is 0.500. The molecule has 1 amide bonds. The molecule has 1 aliphatic heterocycles. The molecule has 1 aromatic heterocycles. The molecule has 1 aliphatic carbocycles. The maximum atomic E-state index is 13.0. The summed E-state index contributed by atoms with van der Waals surface area (Å²) >= 11 is 0. The van der Waals surface area contributed by atoms with Gasteiger partial charge in [0.1, 0.15) is 5.69 Å². The number of fused-ring (bicyclic) bond motifs is 1. The summed E-state index contributed by atoms with van der Waals surface area (Å²) in [5.41, 5.74) is 1.51. The third-order valence-electron chi connectivity index (χ3n) is 5.94. The molecule has 1 saturated heterocycles. The number of hydrogen-bond acceptors (Lipinski definition) is 3. The number of piperidine rings is 1. The number of hydrogen-bond donors (Lipinski definition) is 2. The lowest BCUT2D eigenvalue weighted by molar-refractivity contribution is -0.110. The number of aryl methyl sites for hydroxylation is 1. The number of nitrogens with zero attached hydrogens (tertiary/aromatic N) is 2. The molecule has 0 radical (unpaired) electrons. The zero-order valence-electron chi connectivity index (χ0n) is 14.6. The Morgan fingerprint density at radius 2 is 2.04 bits per heavy atom. The molecule has 5 heteroatoms. The maximum absolute atomic E-state index is 13.0. The number of nitrogens with one attached hydrogen (secondary N) is 1. The summed E-state index contributed by atoms with van der Waals surface area (Å²) in [5, 5.41) is 18.6. The van der Waals surface area contributed by atoms with E-state index in [4.69, 9.17) is 0 Å². The van der Waals surface area contributed by atoms with Gasteiger partial charge in [-0.1, -0.05) is 43.2 Å². The van der Waals surface area contributed by atoms with Crippen LogP contribution >= 0.6 is 0 Å². The van der Waals surface area contributed by atoms with Gasteiger partial charge >= 0.3 is 0 Å². The summed E-state index contributed by atoms with van der Waals surface area (Å²) in [6, 6.07) is 11.9. The highest BCUT2D eigenvalue weighted by Crippen LogP contribution is 2.47. The molecule has 2 aromatic rings. The van der Waals surface area contributed by atoms with Crippen molar-refractivity contribution in [1.82, 2.24) is 15.1 Å². The quantitative estimate of drug-likeness (QED) is 0.884. The van der Waals surface area contributed by atoms with E-state index in [2.05, 4.69) is 10.2 Å². The van der Waals surface area contributed by atoms with Gasteiger partial charge < -0.3 is 10.0 Å². The minimum absolute atomic E-state index is 0.0173. The van der Waals surface area contributed by atoms with Gasteiger partial charge in [0.2, 0.25) is 0 Å². The standard InChI is InChI=1S/C20H25N3O2/c1-14-13-17(22-21-14)19(24)23-12-11-20(25,15-7-3-2-4-8-15)16-9-5-6-10-18(16)23/h2-4,7-8,13,16,18,25H,5-6,9-12H2,1H3,(H,21,22)/t16-,18+,20-/m0/s1. The van der Waals surface area contributed by atoms with E-state index < -0.39 is 5.60 Å². The van der Waals surface area contributed by atoms with E-state index in [-0.39, 0.29) is 17.9 Å². The van der Waals surface area contributed by atoms with Crippen molar-refractivity contribution >= 4 is 5.91 Å². The number of carbonyl (C=O) groups is 1. The number of aromatic amines is 1. The van der Waals surface area contributed by atoms with Gasteiger partial charge in [0.05, 0.1) is 5.60 Å². The predicted octanol–water partition coefficient (Wildman–Crippen LogP) is 3.01. The maximum Gasteiger partial charge on any atom is 0.274 e. The summed E-state index contributed by atoms with van der Waals surface area (Å²) < 4.78 is 0. The molecule has 2 fully saturated rings. The molecule has 4 rings (SSSR count). The monoisotopic (exact) mass is 339 g/mol. The first-order chi connectivity index (χ1) is 12.1. The van der Waals surface area contributed by atoms with Crippen molar-refractivity contribution in [1.29, 1.82) is 0 Å². The van der Waals surface area contributed by atoms with Gasteiger partial charge in [0.15, 0.2) is 0 Å². The van der Waals surface area contributed by atoms with Crippen LogP contribution in [0.15, 0.2) is 36.4 Å². The van der Waals surface area contributed by atoms with Gasteiger partial charge in [-0.15, -0.1) is 0 Å². The topological polar surface area (TPSA) is 69.2 Å². The lowest BCUT2D eigenvalue weighted by Crippen LogP contribution is -2.59. The SMILES string of the molecule is Cc1cc(C(=O)N2CC[C@](O)(c3ccccc3)[C@H]3CCCC[C@H]32)n[nH]1. The molecule has 1 aromatic carbocycles. The zero-order chi connectivity index (χ0) is 17.4. The second-order valence-corrected chi connectivity index (χ2v) is 7.43. The van der Waals surface area contributed by atoms with Crippen LogP contribution in [0, 0.1) is 12.8 Å².